The summed E-state index contributed by atoms with van der Waals surface area (Å²) in [6, 6.07) is 76.5. The predicted octanol–water partition coefficient (Wildman–Crippen LogP) is 16.6. The number of aromatic nitrogens is 1. The number of fused-ring (bicyclic) bond motifs is 9. The average molecular weight is 926 g/mol. The molecule has 0 amide bonds. The lowest BCUT2D eigenvalue weighted by atomic mass is 9.82. The molecule has 0 saturated heterocycles. The van der Waals surface area contributed by atoms with E-state index in [1.807, 2.05) is 30.3 Å². The molecule has 5 nitrogen and oxygen atoms in total. The summed E-state index contributed by atoms with van der Waals surface area (Å²) < 4.78 is 2.39. The Hall–Kier alpha value is -8.93. The summed E-state index contributed by atoms with van der Waals surface area (Å²) in [7, 11) is 0. The molecule has 1 aliphatic heterocycles. The molecule has 0 saturated carbocycles. The highest BCUT2D eigenvalue weighted by atomic mass is 15.2. The minimum Gasteiger partial charge on any atom is -0.313 e. The Balaban J connectivity index is 0.889. The Kier molecular flexibility index (Phi) is 10.5. The van der Waals surface area contributed by atoms with Gasteiger partial charge in [0.2, 0.25) is 0 Å². The van der Waals surface area contributed by atoms with Crippen LogP contribution in [0.25, 0.3) is 60.9 Å². The summed E-state index contributed by atoms with van der Waals surface area (Å²) in [5.74, 6) is 1.40. The first-order valence-corrected chi connectivity index (χ1v) is 24.9. The van der Waals surface area contributed by atoms with Gasteiger partial charge in [0.25, 0.3) is 0 Å². The van der Waals surface area contributed by atoms with Crippen LogP contribution in [0.3, 0.4) is 0 Å². The molecule has 9 aromatic carbocycles. The van der Waals surface area contributed by atoms with E-state index < -0.39 is 0 Å². The van der Waals surface area contributed by atoms with Crippen LogP contribution >= 0.6 is 0 Å². The highest BCUT2D eigenvalue weighted by molar-refractivity contribution is 6.16. The van der Waals surface area contributed by atoms with Crippen LogP contribution in [-0.2, 0) is 12.0 Å². The van der Waals surface area contributed by atoms with Crippen molar-refractivity contribution in [2.45, 2.75) is 38.1 Å². The minimum atomic E-state index is -0.104. The Morgan fingerprint density at radius 3 is 2.14 bits per heavy atom. The van der Waals surface area contributed by atoms with Gasteiger partial charge in [-0.3, -0.25) is 4.99 Å². The van der Waals surface area contributed by atoms with Crippen molar-refractivity contribution in [2.24, 2.45) is 15.0 Å². The summed E-state index contributed by atoms with van der Waals surface area (Å²) in [5.41, 5.74) is 21.2. The van der Waals surface area contributed by atoms with Crippen molar-refractivity contribution >= 4 is 51.6 Å². The van der Waals surface area contributed by atoms with Gasteiger partial charge in [-0.25, -0.2) is 9.98 Å². The van der Waals surface area contributed by atoms with Gasteiger partial charge in [-0.15, -0.1) is 0 Å². The third-order valence-corrected chi connectivity index (χ3v) is 15.1. The number of aliphatic imine (C=N–C) groups is 3. The van der Waals surface area contributed by atoms with Crippen LogP contribution in [0.15, 0.2) is 251 Å². The zero-order valence-electron chi connectivity index (χ0n) is 40.4. The van der Waals surface area contributed by atoms with Gasteiger partial charge in [-0.05, 0) is 123 Å². The monoisotopic (exact) mass is 925 g/mol. The maximum absolute atomic E-state index is 5.30. The van der Waals surface area contributed by atoms with Crippen LogP contribution < -0.4 is 4.90 Å². The molecule has 344 valence electrons. The number of hydrogen-bond donors (Lipinski definition) is 0. The van der Waals surface area contributed by atoms with Gasteiger partial charge < -0.3 is 9.47 Å². The standard InChI is InChI=1S/C67H51N5/c1-67(2)58-31-13-10-27-53(58)54-37-35-44(39-59(54)67)43-69-66(70-65(68-3)45-19-6-4-7-20-45)49-23-16-21-46(40-49)47-36-38-56-55-28-11-14-32-60(55)72(63(56)42-47)51-26-17-22-48(41-51)52-30-18-34-62-64(52)57-29-12-15-33-61(57)71(62)50-24-8-5-9-25-50/h4-27,29-42,55H,3,28,43H2,1-2H3. The molecule has 2 aliphatic carbocycles. The zero-order valence-corrected chi connectivity index (χ0v) is 40.4. The number of allylic oxidation sites excluding steroid dienone is 4. The number of rotatable bonds is 8. The van der Waals surface area contributed by atoms with Crippen molar-refractivity contribution in [3.8, 4) is 39.1 Å². The second kappa shape index (κ2) is 17.5. The van der Waals surface area contributed by atoms with Crippen LogP contribution in [0.2, 0.25) is 0 Å². The number of amidine groups is 2. The maximum atomic E-state index is 5.30. The van der Waals surface area contributed by atoms with E-state index in [1.165, 1.54) is 72.1 Å². The Morgan fingerprint density at radius 2 is 1.26 bits per heavy atom. The first-order chi connectivity index (χ1) is 35.4. The molecule has 0 N–H and O–H groups in total. The smallest absolute Gasteiger partial charge is 0.161 e. The fourth-order valence-electron chi connectivity index (χ4n) is 11.6. The molecule has 0 fully saturated rings. The minimum absolute atomic E-state index is 0.104. The van der Waals surface area contributed by atoms with Crippen LogP contribution in [0.5, 0.6) is 0 Å². The zero-order chi connectivity index (χ0) is 48.3. The van der Waals surface area contributed by atoms with Crippen LogP contribution in [0.1, 0.15) is 59.6 Å². The molecular weight excluding hydrogens is 875 g/mol. The quantitative estimate of drug-likeness (QED) is 0.111. The molecule has 13 rings (SSSR count). The molecule has 0 bridgehead atoms. The summed E-state index contributed by atoms with van der Waals surface area (Å²) in [4.78, 5) is 17.4. The number of hydrogen-bond acceptors (Lipinski definition) is 2. The lowest BCUT2D eigenvalue weighted by molar-refractivity contribution is 0.659. The van der Waals surface area contributed by atoms with E-state index in [2.05, 4.69) is 235 Å². The number of anilines is 2. The van der Waals surface area contributed by atoms with Crippen molar-refractivity contribution in [3.63, 3.8) is 0 Å². The maximum Gasteiger partial charge on any atom is 0.161 e. The summed E-state index contributed by atoms with van der Waals surface area (Å²) in [6.45, 7) is 9.05. The van der Waals surface area contributed by atoms with E-state index in [0.717, 1.165) is 45.6 Å². The summed E-state index contributed by atoms with van der Waals surface area (Å²) in [5, 5.41) is 2.50. The molecule has 72 heavy (non-hydrogen) atoms. The van der Waals surface area contributed by atoms with Gasteiger partial charge in [0.05, 0.1) is 23.3 Å². The molecule has 1 unspecified atom stereocenters. The van der Waals surface area contributed by atoms with E-state index >= 15 is 0 Å². The van der Waals surface area contributed by atoms with E-state index in [9.17, 15) is 0 Å². The van der Waals surface area contributed by atoms with Crippen molar-refractivity contribution in [3.05, 3.63) is 270 Å². The van der Waals surface area contributed by atoms with Crippen molar-refractivity contribution in [1.29, 1.82) is 0 Å². The molecule has 10 aromatic rings. The van der Waals surface area contributed by atoms with Gasteiger partial charge in [0, 0.05) is 50.3 Å². The molecule has 2 heterocycles. The largest absolute Gasteiger partial charge is 0.313 e. The lowest BCUT2D eigenvalue weighted by Gasteiger charge is -2.25. The molecule has 0 spiro atoms. The van der Waals surface area contributed by atoms with E-state index in [-0.39, 0.29) is 11.3 Å². The number of nitrogens with zero attached hydrogens (tertiary/aromatic N) is 5. The topological polar surface area (TPSA) is 45.2 Å². The molecule has 0 radical (unpaired) electrons. The average Bonchev–Trinajstić information content (AvgIpc) is 4.04. The van der Waals surface area contributed by atoms with Crippen molar-refractivity contribution in [2.75, 3.05) is 4.90 Å². The van der Waals surface area contributed by atoms with Crippen molar-refractivity contribution < 1.29 is 0 Å². The van der Waals surface area contributed by atoms with Gasteiger partial charge in [0.1, 0.15) is 0 Å². The van der Waals surface area contributed by atoms with E-state index in [0.29, 0.717) is 18.2 Å². The Labute approximate surface area is 420 Å². The Morgan fingerprint density at radius 1 is 0.569 bits per heavy atom. The first-order valence-electron chi connectivity index (χ1n) is 24.9. The fraction of sp³-hybridized carbons (Fsp3) is 0.0896. The summed E-state index contributed by atoms with van der Waals surface area (Å²) in [6.07, 6.45) is 7.76. The highest BCUT2D eigenvalue weighted by Gasteiger charge is 2.36. The normalized spacial score (nSPS) is 15.6. The van der Waals surface area contributed by atoms with Gasteiger partial charge in [-0.2, -0.15) is 0 Å². The SMILES string of the molecule is C=NC(=NC(=NCc1ccc2c(c1)C(C)(C)c1ccccc1-2)c1cccc(-c2ccc3c(c2)N(c2cccc(-c4cccc5c4c4ccccc4n5-c4ccccc4)c2)C2=CC=CCC23)c1)c1ccccc1. The third-order valence-electron chi connectivity index (χ3n) is 15.1. The van der Waals surface area contributed by atoms with Crippen LogP contribution in [-0.4, -0.2) is 23.0 Å². The molecule has 1 aromatic heterocycles. The molecule has 1 atom stereocenters. The van der Waals surface area contributed by atoms with Crippen molar-refractivity contribution in [1.82, 2.24) is 4.57 Å². The predicted molar refractivity (Wildman–Crippen MR) is 302 cm³/mol. The molecule has 3 aliphatic rings. The van der Waals surface area contributed by atoms with Gasteiger partial charge in [-0.1, -0.05) is 190 Å². The summed E-state index contributed by atoms with van der Waals surface area (Å²) >= 11 is 0. The fourth-order valence-corrected chi connectivity index (χ4v) is 11.6. The van der Waals surface area contributed by atoms with Gasteiger partial charge >= 0.3 is 0 Å². The van der Waals surface area contributed by atoms with E-state index in [1.54, 1.807) is 0 Å². The second-order valence-corrected chi connectivity index (χ2v) is 19.6. The highest BCUT2D eigenvalue weighted by Crippen LogP contribution is 2.53. The second-order valence-electron chi connectivity index (χ2n) is 19.6. The number of para-hydroxylation sites is 2. The van der Waals surface area contributed by atoms with E-state index in [4.69, 9.17) is 9.98 Å². The van der Waals surface area contributed by atoms with Crippen LogP contribution in [0, 0.1) is 0 Å². The third kappa shape index (κ3) is 7.19. The van der Waals surface area contributed by atoms with Crippen LogP contribution in [0.4, 0.5) is 11.4 Å². The van der Waals surface area contributed by atoms with Gasteiger partial charge in [0.15, 0.2) is 11.7 Å². The number of benzene rings is 9. The lowest BCUT2D eigenvalue weighted by Crippen LogP contribution is -2.15. The molecule has 5 heteroatoms. The Bertz CT molecular complexity index is 3920. The molecular formula is C67H51N5. The first kappa shape index (κ1) is 43.1.